The molecular weight excluding hydrogens is 413 g/mol. The van der Waals surface area contributed by atoms with E-state index >= 15 is 0 Å². The number of nitrogens with zero attached hydrogens (tertiary/aromatic N) is 6. The molecule has 104 valence electrons. The van der Waals surface area contributed by atoms with Gasteiger partial charge in [0.1, 0.15) is 0 Å². The Morgan fingerprint density at radius 3 is 0.650 bits per heavy atom. The average molecular weight is 422 g/mol. The van der Waals surface area contributed by atoms with Crippen molar-refractivity contribution in [1.29, 1.82) is 31.6 Å². The van der Waals surface area contributed by atoms with E-state index in [2.05, 4.69) is 39.4 Å². The minimum Gasteiger partial charge on any atom is -1.00 e. The Bertz CT molecular complexity index is 277. The number of rotatable bonds is 0. The Balaban J connectivity index is -0.00000000629. The van der Waals surface area contributed by atoms with Crippen molar-refractivity contribution < 1.29 is 107 Å². The first-order chi connectivity index (χ1) is 8.00. The normalized spacial score (nSPS) is 3.50. The Hall–Kier alpha value is -0.411. The van der Waals surface area contributed by atoms with E-state index in [1.807, 2.05) is 0 Å². The van der Waals surface area contributed by atoms with E-state index in [-0.39, 0.29) is 89.4 Å². The Kier molecular flexibility index (Phi) is 678. The van der Waals surface area contributed by atoms with Crippen molar-refractivity contribution in [2.45, 2.75) is 0 Å². The second-order valence-corrected chi connectivity index (χ2v) is 1.34. The van der Waals surface area contributed by atoms with E-state index in [0.29, 0.717) is 0 Å². The summed E-state index contributed by atoms with van der Waals surface area (Å²) in [4.78, 5) is 0. The number of hydrogen-bond donors (Lipinski definition) is 2. The van der Waals surface area contributed by atoms with Crippen molar-refractivity contribution >= 4 is 10.4 Å². The van der Waals surface area contributed by atoms with Crippen LogP contribution in [0.1, 0.15) is 1.43 Å². The van der Waals surface area contributed by atoms with Crippen LogP contribution in [0.2, 0.25) is 0 Å². The molecule has 0 saturated heterocycles. The summed E-state index contributed by atoms with van der Waals surface area (Å²) in [5.74, 6) is 0. The molecule has 0 aromatic carbocycles. The van der Waals surface area contributed by atoms with E-state index < -0.39 is 10.4 Å². The molecule has 14 heteroatoms. The van der Waals surface area contributed by atoms with Crippen molar-refractivity contribution in [2.75, 3.05) is 0 Å². The molecule has 0 aliphatic heterocycles. The molecule has 0 atom stereocenters. The molecule has 0 aliphatic rings. The third-order valence-electron chi connectivity index (χ3n) is 0. The van der Waals surface area contributed by atoms with Crippen molar-refractivity contribution in [1.82, 2.24) is 0 Å². The molecule has 0 bridgehead atoms. The van der Waals surface area contributed by atoms with Gasteiger partial charge in [0, 0.05) is 76.0 Å². The molecule has 0 rings (SSSR count). The van der Waals surface area contributed by atoms with Crippen molar-refractivity contribution in [3.8, 4) is 39.4 Å². The van der Waals surface area contributed by atoms with Gasteiger partial charge in [0.15, 0.2) is 0 Å². The summed E-state index contributed by atoms with van der Waals surface area (Å²) in [6.45, 7) is 21.0. The van der Waals surface area contributed by atoms with E-state index in [9.17, 15) is 0 Å². The quantitative estimate of drug-likeness (QED) is 0.304. The summed E-state index contributed by atoms with van der Waals surface area (Å²) in [7, 11) is -4.67. The predicted molar refractivity (Wildman–Crippen MR) is 55.3 cm³/mol. The van der Waals surface area contributed by atoms with Gasteiger partial charge in [-0.25, -0.2) is 31.6 Å². The molecule has 0 aliphatic carbocycles. The van der Waals surface area contributed by atoms with Crippen LogP contribution in [0.3, 0.4) is 0 Å². The van der Waals surface area contributed by atoms with Crippen LogP contribution >= 0.6 is 0 Å². The van der Waals surface area contributed by atoms with E-state index in [4.69, 9.17) is 49.1 Å². The summed E-state index contributed by atoms with van der Waals surface area (Å²) >= 11 is 0. The first-order valence-electron chi connectivity index (χ1n) is 2.25. The molecule has 2 N–H and O–H groups in total. The monoisotopic (exact) mass is 420 g/mol. The van der Waals surface area contributed by atoms with E-state index in [1.54, 1.807) is 0 Å². The molecular formula is C6H9FeKN6O4SZn. The van der Waals surface area contributed by atoms with Crippen LogP contribution in [0, 0.1) is 71.0 Å². The van der Waals surface area contributed by atoms with Crippen LogP contribution in [0.15, 0.2) is 0 Å². The van der Waals surface area contributed by atoms with Gasteiger partial charge in [-0.3, -0.25) is 9.11 Å². The third kappa shape index (κ3) is 28700. The summed E-state index contributed by atoms with van der Waals surface area (Å²) < 4.78 is 31.6. The first-order valence-corrected chi connectivity index (χ1v) is 3.64. The second-order valence-electron chi connectivity index (χ2n) is 0.448. The maximum Gasteiger partial charge on any atom is 1.00 e. The molecule has 0 unspecified atom stereocenters. The molecule has 0 heterocycles. The molecule has 20 heavy (non-hydrogen) atoms. The first kappa shape index (κ1) is 73.6. The van der Waals surface area contributed by atoms with Gasteiger partial charge >= 0.3 is 61.8 Å². The molecule has 0 spiro atoms. The van der Waals surface area contributed by atoms with Crippen molar-refractivity contribution in [3.05, 3.63) is 0 Å². The van der Waals surface area contributed by atoms with Gasteiger partial charge in [-0.1, -0.05) is 0 Å². The molecule has 0 radical (unpaired) electrons. The fourth-order valence-corrected chi connectivity index (χ4v) is 0. The van der Waals surface area contributed by atoms with E-state index in [1.165, 1.54) is 0 Å². The van der Waals surface area contributed by atoms with Crippen LogP contribution in [0.25, 0.3) is 0 Å². The zero-order valence-corrected chi connectivity index (χ0v) is 18.3. The van der Waals surface area contributed by atoms with Gasteiger partial charge in [0.05, 0.1) is 0 Å². The van der Waals surface area contributed by atoms with Crippen LogP contribution in [0.4, 0.5) is 0 Å². The minimum atomic E-state index is -4.67. The molecule has 10 nitrogen and oxygen atoms in total. The number of nitriles is 6. The van der Waals surface area contributed by atoms with Crippen LogP contribution in [-0.4, -0.2) is 17.5 Å². The Morgan fingerprint density at radius 2 is 0.650 bits per heavy atom. The zero-order chi connectivity index (χ0) is 16.5. The fraction of sp³-hybridized carbons (Fsp3) is 0. The summed E-state index contributed by atoms with van der Waals surface area (Å²) in [5.41, 5.74) is 0. The SMILES string of the molecule is C#N.C#N.C#N.C#N.C#N.C#N.O=S(=O)(O)O.[Fe].[H-].[K+].[Zn]. The van der Waals surface area contributed by atoms with Gasteiger partial charge in [-0.2, -0.15) is 8.42 Å². The Morgan fingerprint density at radius 1 is 0.650 bits per heavy atom. The molecule has 0 aromatic heterocycles. The fourth-order valence-electron chi connectivity index (χ4n) is 0. The molecule has 0 aromatic rings. The van der Waals surface area contributed by atoms with Crippen LogP contribution in [-0.2, 0) is 46.9 Å². The largest absolute Gasteiger partial charge is 1.00 e. The summed E-state index contributed by atoms with van der Waals surface area (Å²) in [5, 5.41) is 39.0. The van der Waals surface area contributed by atoms with Crippen LogP contribution < -0.4 is 51.4 Å². The summed E-state index contributed by atoms with van der Waals surface area (Å²) in [6.07, 6.45) is 0. The smallest absolute Gasteiger partial charge is 1.00 e. The van der Waals surface area contributed by atoms with Gasteiger partial charge in [-0.15, -0.1) is 0 Å². The van der Waals surface area contributed by atoms with Gasteiger partial charge in [-0.05, 0) is 0 Å². The number of hydrogen-bond acceptors (Lipinski definition) is 8. The van der Waals surface area contributed by atoms with Gasteiger partial charge < -0.3 is 1.43 Å². The predicted octanol–water partition coefficient (Wildman–Crippen LogP) is -2.70. The van der Waals surface area contributed by atoms with Gasteiger partial charge in [0.2, 0.25) is 0 Å². The van der Waals surface area contributed by atoms with E-state index in [0.717, 1.165) is 0 Å². The standard InChI is InChI=1S/6CHN.Fe.K.H2O4S.Zn.H/c6*1-2;;;1-5(2,3)4;;/h6*1H;;;(H2,1,2,3,4);;/q;;;;;;;+1;;;-1. The molecule has 0 amide bonds. The van der Waals surface area contributed by atoms with Crippen molar-refractivity contribution in [3.63, 3.8) is 0 Å². The Labute approximate surface area is 185 Å². The molecule has 0 fully saturated rings. The topological polar surface area (TPSA) is 217 Å². The summed E-state index contributed by atoms with van der Waals surface area (Å²) in [6, 6.07) is 0. The van der Waals surface area contributed by atoms with Crippen molar-refractivity contribution in [2.24, 2.45) is 0 Å². The third-order valence-corrected chi connectivity index (χ3v) is 0. The minimum absolute atomic E-state index is 0. The van der Waals surface area contributed by atoms with Gasteiger partial charge in [0.25, 0.3) is 0 Å². The maximum absolute atomic E-state index is 8.74. The second kappa shape index (κ2) is 184. The average Bonchev–Trinajstić information content (AvgIpc) is 2.41. The molecule has 0 saturated carbocycles. The maximum atomic E-state index is 8.74. The van der Waals surface area contributed by atoms with Crippen LogP contribution in [0.5, 0.6) is 0 Å². The zero-order valence-electron chi connectivity index (χ0n) is 11.3.